The number of nitrogens with zero attached hydrogens (tertiary/aromatic N) is 6. The van der Waals surface area contributed by atoms with Crippen LogP contribution >= 0.6 is 0 Å². The number of rotatable bonds is 3. The summed E-state index contributed by atoms with van der Waals surface area (Å²) >= 11 is 0. The Kier molecular flexibility index (Phi) is 4.02. The fourth-order valence-electron chi connectivity index (χ4n) is 3.29. The lowest BCUT2D eigenvalue weighted by Gasteiger charge is -2.24. The first kappa shape index (κ1) is 17.9. The number of benzene rings is 1. The number of carbonyl (C=O) groups excluding carboxylic acids is 1. The van der Waals surface area contributed by atoms with Gasteiger partial charge in [0, 0.05) is 12.6 Å². The van der Waals surface area contributed by atoms with Gasteiger partial charge < -0.3 is 4.57 Å². The number of aromatic nitrogens is 6. The summed E-state index contributed by atoms with van der Waals surface area (Å²) < 4.78 is 4.77. The van der Waals surface area contributed by atoms with Crippen LogP contribution in [0.2, 0.25) is 0 Å². The molecule has 1 aromatic carbocycles. The standard InChI is InChI=1S/C19H21N7O2/c1-19(2,3)26-14-8-6-5-7-13(14)22-18(26)23-15(27)10-25-11-20-16-12(17(25)28)9-21-24(16)4/h5-9,11H,10H2,1-4H3,(H,22,23,27). The topological polar surface area (TPSA) is 99.6 Å². The highest BCUT2D eigenvalue weighted by atomic mass is 16.2. The number of aryl methyl sites for hydroxylation is 1. The van der Waals surface area contributed by atoms with Crippen LogP contribution in [0.1, 0.15) is 20.8 Å². The second-order valence-electron chi connectivity index (χ2n) is 7.66. The SMILES string of the molecule is Cn1ncc2c(=O)n(CC(=O)Nc3nc4ccccc4n3C(C)(C)C)cnc21. The van der Waals surface area contributed by atoms with Crippen molar-refractivity contribution in [2.75, 3.05) is 5.32 Å². The molecular formula is C19H21N7O2. The molecular weight excluding hydrogens is 358 g/mol. The van der Waals surface area contributed by atoms with E-state index in [9.17, 15) is 9.59 Å². The summed E-state index contributed by atoms with van der Waals surface area (Å²) in [5.41, 5.74) is 1.61. The molecule has 1 amide bonds. The minimum Gasteiger partial charge on any atom is -0.305 e. The molecule has 0 aliphatic carbocycles. The Balaban J connectivity index is 1.66. The largest absolute Gasteiger partial charge is 0.305 e. The summed E-state index contributed by atoms with van der Waals surface area (Å²) in [6, 6.07) is 7.71. The van der Waals surface area contributed by atoms with Gasteiger partial charge in [0.1, 0.15) is 18.3 Å². The minimum atomic E-state index is -0.354. The van der Waals surface area contributed by atoms with E-state index < -0.39 is 0 Å². The second-order valence-corrected chi connectivity index (χ2v) is 7.66. The Hall–Kier alpha value is -3.49. The lowest BCUT2D eigenvalue weighted by molar-refractivity contribution is -0.116. The molecule has 0 bridgehead atoms. The number of amides is 1. The van der Waals surface area contributed by atoms with Crippen molar-refractivity contribution in [2.24, 2.45) is 7.05 Å². The van der Waals surface area contributed by atoms with Gasteiger partial charge in [-0.3, -0.25) is 24.2 Å². The number of anilines is 1. The van der Waals surface area contributed by atoms with Crippen LogP contribution in [0.5, 0.6) is 0 Å². The third kappa shape index (κ3) is 2.94. The predicted octanol–water partition coefficient (Wildman–Crippen LogP) is 1.87. The Labute approximate surface area is 160 Å². The van der Waals surface area contributed by atoms with Crippen molar-refractivity contribution < 1.29 is 4.79 Å². The van der Waals surface area contributed by atoms with Gasteiger partial charge in [-0.1, -0.05) is 12.1 Å². The molecule has 0 unspecified atom stereocenters. The van der Waals surface area contributed by atoms with Crippen LogP contribution in [0.25, 0.3) is 22.1 Å². The van der Waals surface area contributed by atoms with Crippen LogP contribution in [-0.4, -0.2) is 34.8 Å². The van der Waals surface area contributed by atoms with Crippen LogP contribution in [0.3, 0.4) is 0 Å². The van der Waals surface area contributed by atoms with E-state index in [0.29, 0.717) is 17.0 Å². The molecule has 4 rings (SSSR count). The van der Waals surface area contributed by atoms with Gasteiger partial charge in [0.05, 0.1) is 17.2 Å². The fraction of sp³-hybridized carbons (Fsp3) is 0.316. The van der Waals surface area contributed by atoms with Crippen LogP contribution in [0.4, 0.5) is 5.95 Å². The summed E-state index contributed by atoms with van der Waals surface area (Å²) in [5, 5.41) is 7.25. The third-order valence-electron chi connectivity index (χ3n) is 4.51. The molecule has 0 fully saturated rings. The van der Waals surface area contributed by atoms with E-state index in [4.69, 9.17) is 0 Å². The Morgan fingerprint density at radius 2 is 1.96 bits per heavy atom. The maximum absolute atomic E-state index is 12.7. The first-order valence-corrected chi connectivity index (χ1v) is 8.90. The van der Waals surface area contributed by atoms with Gasteiger partial charge in [0.2, 0.25) is 11.9 Å². The van der Waals surface area contributed by atoms with Gasteiger partial charge >= 0.3 is 0 Å². The van der Waals surface area contributed by atoms with E-state index in [1.165, 1.54) is 21.8 Å². The summed E-state index contributed by atoms with van der Waals surface area (Å²) in [6.07, 6.45) is 2.82. The van der Waals surface area contributed by atoms with Crippen LogP contribution in [0, 0.1) is 0 Å². The molecule has 4 aromatic rings. The number of para-hydroxylation sites is 2. The van der Waals surface area contributed by atoms with Crippen LogP contribution < -0.4 is 10.9 Å². The number of imidazole rings is 1. The summed E-state index contributed by atoms with van der Waals surface area (Å²) in [6.45, 7) is 5.97. The maximum atomic E-state index is 12.7. The summed E-state index contributed by atoms with van der Waals surface area (Å²) in [4.78, 5) is 34.0. The fourth-order valence-corrected chi connectivity index (χ4v) is 3.29. The van der Waals surface area contributed by atoms with Crippen molar-refractivity contribution in [3.8, 4) is 0 Å². The van der Waals surface area contributed by atoms with Crippen molar-refractivity contribution in [3.63, 3.8) is 0 Å². The normalized spacial score (nSPS) is 12.0. The zero-order valence-corrected chi connectivity index (χ0v) is 16.2. The van der Waals surface area contributed by atoms with Gasteiger partial charge in [-0.25, -0.2) is 9.97 Å². The number of hydrogen-bond acceptors (Lipinski definition) is 5. The van der Waals surface area contributed by atoms with Crippen molar-refractivity contribution in [1.29, 1.82) is 0 Å². The molecule has 9 heteroatoms. The Bertz CT molecular complexity index is 1260. The molecule has 28 heavy (non-hydrogen) atoms. The quantitative estimate of drug-likeness (QED) is 0.586. The molecule has 0 atom stereocenters. The van der Waals surface area contributed by atoms with Gasteiger partial charge in [-0.15, -0.1) is 0 Å². The maximum Gasteiger partial charge on any atom is 0.264 e. The molecule has 144 valence electrons. The highest BCUT2D eigenvalue weighted by Crippen LogP contribution is 2.27. The molecule has 0 aliphatic rings. The molecule has 1 N–H and O–H groups in total. The zero-order valence-electron chi connectivity index (χ0n) is 16.2. The monoisotopic (exact) mass is 379 g/mol. The van der Waals surface area contributed by atoms with Gasteiger partial charge in [0.15, 0.2) is 5.65 Å². The van der Waals surface area contributed by atoms with Crippen molar-refractivity contribution in [2.45, 2.75) is 32.9 Å². The van der Waals surface area contributed by atoms with Gasteiger partial charge in [-0.05, 0) is 32.9 Å². The molecule has 0 saturated carbocycles. The molecule has 0 aliphatic heterocycles. The molecule has 9 nitrogen and oxygen atoms in total. The lowest BCUT2D eigenvalue weighted by Crippen LogP contribution is -2.30. The smallest absolute Gasteiger partial charge is 0.264 e. The second kappa shape index (κ2) is 6.29. The van der Waals surface area contributed by atoms with E-state index in [1.807, 2.05) is 49.6 Å². The minimum absolute atomic E-state index is 0.163. The highest BCUT2D eigenvalue weighted by molar-refractivity contribution is 5.91. The van der Waals surface area contributed by atoms with E-state index in [2.05, 4.69) is 20.4 Å². The van der Waals surface area contributed by atoms with E-state index >= 15 is 0 Å². The Morgan fingerprint density at radius 1 is 1.21 bits per heavy atom. The van der Waals surface area contributed by atoms with Gasteiger partial charge in [-0.2, -0.15) is 5.10 Å². The van der Waals surface area contributed by atoms with E-state index in [-0.39, 0.29) is 23.6 Å². The zero-order chi connectivity index (χ0) is 20.1. The average Bonchev–Trinajstić information content (AvgIpc) is 3.17. The Morgan fingerprint density at radius 3 is 2.71 bits per heavy atom. The lowest BCUT2D eigenvalue weighted by atomic mass is 10.1. The summed E-state index contributed by atoms with van der Waals surface area (Å²) in [5.74, 6) is 0.0927. The molecule has 0 radical (unpaired) electrons. The van der Waals surface area contributed by atoms with Crippen molar-refractivity contribution >= 4 is 33.9 Å². The van der Waals surface area contributed by atoms with Crippen molar-refractivity contribution in [1.82, 2.24) is 28.9 Å². The number of hydrogen-bond donors (Lipinski definition) is 1. The molecule has 0 spiro atoms. The first-order chi connectivity index (χ1) is 13.3. The highest BCUT2D eigenvalue weighted by Gasteiger charge is 2.22. The van der Waals surface area contributed by atoms with Crippen molar-refractivity contribution in [3.05, 3.63) is 47.1 Å². The predicted molar refractivity (Wildman–Crippen MR) is 106 cm³/mol. The molecule has 3 aromatic heterocycles. The number of fused-ring (bicyclic) bond motifs is 2. The average molecular weight is 379 g/mol. The summed E-state index contributed by atoms with van der Waals surface area (Å²) in [7, 11) is 1.71. The van der Waals surface area contributed by atoms with E-state index in [1.54, 1.807) is 7.05 Å². The third-order valence-corrected chi connectivity index (χ3v) is 4.51. The molecule has 3 heterocycles. The van der Waals surface area contributed by atoms with Crippen LogP contribution in [0.15, 0.2) is 41.6 Å². The van der Waals surface area contributed by atoms with Crippen LogP contribution in [-0.2, 0) is 23.9 Å². The number of nitrogens with one attached hydrogen (secondary N) is 1. The first-order valence-electron chi connectivity index (χ1n) is 8.90. The van der Waals surface area contributed by atoms with Gasteiger partial charge in [0.25, 0.3) is 5.56 Å². The molecule has 0 saturated heterocycles. The number of carbonyl (C=O) groups is 1. The van der Waals surface area contributed by atoms with E-state index in [0.717, 1.165) is 11.0 Å².